The maximum atomic E-state index is 12.7. The van der Waals surface area contributed by atoms with Crippen molar-refractivity contribution in [3.05, 3.63) is 72.3 Å². The number of fused-ring (bicyclic) bond motifs is 1. The zero-order valence-electron chi connectivity index (χ0n) is 14.9. The number of amides is 1. The molecule has 3 rings (SSSR count). The highest BCUT2D eigenvalue weighted by Gasteiger charge is 2.16. The van der Waals surface area contributed by atoms with E-state index in [4.69, 9.17) is 4.74 Å². The number of ether oxygens (including phenoxy) is 1. The van der Waals surface area contributed by atoms with Crippen LogP contribution >= 0.6 is 0 Å². The van der Waals surface area contributed by atoms with Gasteiger partial charge in [0.25, 0.3) is 5.91 Å². The Balaban J connectivity index is 1.75. The summed E-state index contributed by atoms with van der Waals surface area (Å²) in [6.45, 7) is 3.96. The molecule has 3 aromatic carbocycles. The van der Waals surface area contributed by atoms with E-state index in [2.05, 4.69) is 0 Å². The van der Waals surface area contributed by atoms with E-state index < -0.39 is 0 Å². The van der Waals surface area contributed by atoms with Crippen LogP contribution in [0.5, 0.6) is 5.75 Å². The largest absolute Gasteiger partial charge is 0.484 e. The molecular formula is C22H21NO3. The summed E-state index contributed by atoms with van der Waals surface area (Å²) < 4.78 is 5.62. The van der Waals surface area contributed by atoms with Crippen LogP contribution < -0.4 is 9.64 Å². The number of benzene rings is 3. The molecular weight excluding hydrogens is 326 g/mol. The van der Waals surface area contributed by atoms with Crippen LogP contribution in [-0.4, -0.2) is 24.8 Å². The zero-order valence-corrected chi connectivity index (χ0v) is 14.9. The molecule has 4 nitrogen and oxygen atoms in total. The Morgan fingerprint density at radius 3 is 2.31 bits per heavy atom. The molecule has 0 saturated heterocycles. The maximum Gasteiger partial charge on any atom is 0.264 e. The number of hydrogen-bond acceptors (Lipinski definition) is 3. The second-order valence-electron chi connectivity index (χ2n) is 6.01. The van der Waals surface area contributed by atoms with Crippen molar-refractivity contribution >= 4 is 28.2 Å². The molecule has 0 aromatic heterocycles. The fourth-order valence-electron chi connectivity index (χ4n) is 2.93. The molecule has 0 aliphatic carbocycles. The molecule has 0 N–H and O–H groups in total. The van der Waals surface area contributed by atoms with E-state index in [0.717, 1.165) is 16.5 Å². The van der Waals surface area contributed by atoms with Crippen LogP contribution in [-0.2, 0) is 4.79 Å². The van der Waals surface area contributed by atoms with Crippen molar-refractivity contribution in [2.24, 2.45) is 0 Å². The van der Waals surface area contributed by atoms with E-state index in [1.54, 1.807) is 29.2 Å². The number of Topliss-reactive ketones (excluding diaryl/α,β-unsaturated/α-hetero) is 1. The van der Waals surface area contributed by atoms with Gasteiger partial charge in [0.05, 0.1) is 5.69 Å². The molecule has 3 aromatic rings. The lowest BCUT2D eigenvalue weighted by Gasteiger charge is -2.23. The Bertz CT molecular complexity index is 926. The summed E-state index contributed by atoms with van der Waals surface area (Å²) in [6.07, 6.45) is 0. The lowest BCUT2D eigenvalue weighted by atomic mass is 10.1. The van der Waals surface area contributed by atoms with E-state index in [1.165, 1.54) is 6.92 Å². The maximum absolute atomic E-state index is 12.7. The van der Waals surface area contributed by atoms with Gasteiger partial charge in [-0.1, -0.05) is 36.4 Å². The van der Waals surface area contributed by atoms with Gasteiger partial charge in [-0.2, -0.15) is 0 Å². The summed E-state index contributed by atoms with van der Waals surface area (Å²) >= 11 is 0. The highest BCUT2D eigenvalue weighted by Crippen LogP contribution is 2.26. The van der Waals surface area contributed by atoms with Crippen LogP contribution in [0.25, 0.3) is 10.8 Å². The zero-order chi connectivity index (χ0) is 18.5. The van der Waals surface area contributed by atoms with Gasteiger partial charge in [-0.05, 0) is 49.6 Å². The quantitative estimate of drug-likeness (QED) is 0.618. The van der Waals surface area contributed by atoms with Gasteiger partial charge in [0.15, 0.2) is 12.4 Å². The molecule has 132 valence electrons. The Labute approximate surface area is 153 Å². The molecule has 0 aliphatic rings. The van der Waals surface area contributed by atoms with Crippen molar-refractivity contribution in [2.45, 2.75) is 13.8 Å². The van der Waals surface area contributed by atoms with Gasteiger partial charge in [-0.15, -0.1) is 0 Å². The Kier molecular flexibility index (Phi) is 5.32. The number of rotatable bonds is 6. The SMILES string of the molecule is CCN(C(=O)COc1ccc(C(C)=O)cc1)c1cccc2ccccc12. The standard InChI is InChI=1S/C22H21NO3/c1-3-23(21-10-6-8-18-7-4-5-9-20(18)21)22(25)15-26-19-13-11-17(12-14-19)16(2)24/h4-14H,3,15H2,1-2H3. The topological polar surface area (TPSA) is 46.6 Å². The smallest absolute Gasteiger partial charge is 0.264 e. The summed E-state index contributed by atoms with van der Waals surface area (Å²) in [5.41, 5.74) is 1.50. The average Bonchev–Trinajstić information content (AvgIpc) is 2.67. The molecule has 0 aliphatic heterocycles. The first-order valence-electron chi connectivity index (χ1n) is 8.62. The minimum Gasteiger partial charge on any atom is -0.484 e. The van der Waals surface area contributed by atoms with Crippen LogP contribution in [0.4, 0.5) is 5.69 Å². The molecule has 1 amide bonds. The van der Waals surface area contributed by atoms with Crippen molar-refractivity contribution in [3.8, 4) is 5.75 Å². The minimum atomic E-state index is -0.112. The van der Waals surface area contributed by atoms with E-state index in [-0.39, 0.29) is 18.3 Å². The van der Waals surface area contributed by atoms with Gasteiger partial charge in [0, 0.05) is 17.5 Å². The summed E-state index contributed by atoms with van der Waals surface area (Å²) in [5.74, 6) is 0.456. The normalized spacial score (nSPS) is 10.5. The monoisotopic (exact) mass is 347 g/mol. The van der Waals surface area contributed by atoms with E-state index in [0.29, 0.717) is 17.9 Å². The van der Waals surface area contributed by atoms with Gasteiger partial charge in [-0.25, -0.2) is 0 Å². The predicted octanol–water partition coefficient (Wildman–Crippen LogP) is 4.47. The second kappa shape index (κ2) is 7.83. The fourth-order valence-corrected chi connectivity index (χ4v) is 2.93. The third-order valence-electron chi connectivity index (χ3n) is 4.30. The van der Waals surface area contributed by atoms with E-state index >= 15 is 0 Å². The van der Waals surface area contributed by atoms with Crippen molar-refractivity contribution in [1.82, 2.24) is 0 Å². The Hall–Kier alpha value is -3.14. The highest BCUT2D eigenvalue weighted by molar-refractivity contribution is 6.04. The molecule has 0 atom stereocenters. The molecule has 26 heavy (non-hydrogen) atoms. The number of anilines is 1. The van der Waals surface area contributed by atoms with Crippen LogP contribution in [0.3, 0.4) is 0 Å². The van der Waals surface area contributed by atoms with Crippen molar-refractivity contribution in [1.29, 1.82) is 0 Å². The first-order valence-corrected chi connectivity index (χ1v) is 8.62. The molecule has 0 fully saturated rings. The Morgan fingerprint density at radius 1 is 0.923 bits per heavy atom. The van der Waals surface area contributed by atoms with Gasteiger partial charge >= 0.3 is 0 Å². The van der Waals surface area contributed by atoms with Crippen LogP contribution in [0, 0.1) is 0 Å². The average molecular weight is 347 g/mol. The van der Waals surface area contributed by atoms with Crippen molar-refractivity contribution in [2.75, 3.05) is 18.1 Å². The second-order valence-corrected chi connectivity index (χ2v) is 6.01. The first kappa shape index (κ1) is 17.7. The van der Waals surface area contributed by atoms with Crippen LogP contribution in [0.1, 0.15) is 24.2 Å². The molecule has 0 unspecified atom stereocenters. The van der Waals surface area contributed by atoms with Crippen LogP contribution in [0.15, 0.2) is 66.7 Å². The molecule has 0 saturated carbocycles. The molecule has 0 spiro atoms. The lowest BCUT2D eigenvalue weighted by Crippen LogP contribution is -2.34. The fraction of sp³-hybridized carbons (Fsp3) is 0.182. The Morgan fingerprint density at radius 2 is 1.62 bits per heavy atom. The lowest BCUT2D eigenvalue weighted by molar-refractivity contribution is -0.120. The minimum absolute atomic E-state index is 0.000685. The van der Waals surface area contributed by atoms with Crippen molar-refractivity contribution in [3.63, 3.8) is 0 Å². The van der Waals surface area contributed by atoms with E-state index in [9.17, 15) is 9.59 Å². The third kappa shape index (κ3) is 3.75. The van der Waals surface area contributed by atoms with Gasteiger partial charge < -0.3 is 9.64 Å². The molecule has 4 heteroatoms. The summed E-state index contributed by atoms with van der Waals surface area (Å²) in [6, 6.07) is 20.7. The van der Waals surface area contributed by atoms with Gasteiger partial charge in [-0.3, -0.25) is 9.59 Å². The number of carbonyl (C=O) groups is 2. The van der Waals surface area contributed by atoms with Gasteiger partial charge in [0.1, 0.15) is 5.75 Å². The molecule has 0 bridgehead atoms. The summed E-state index contributed by atoms with van der Waals surface area (Å²) in [4.78, 5) is 25.8. The molecule has 0 heterocycles. The number of carbonyl (C=O) groups excluding carboxylic acids is 2. The first-order chi connectivity index (χ1) is 12.6. The number of hydrogen-bond donors (Lipinski definition) is 0. The van der Waals surface area contributed by atoms with E-state index in [1.807, 2.05) is 49.4 Å². The van der Waals surface area contributed by atoms with Gasteiger partial charge in [0.2, 0.25) is 0 Å². The predicted molar refractivity (Wildman–Crippen MR) is 104 cm³/mol. The van der Waals surface area contributed by atoms with Crippen molar-refractivity contribution < 1.29 is 14.3 Å². The third-order valence-corrected chi connectivity index (χ3v) is 4.30. The highest BCUT2D eigenvalue weighted by atomic mass is 16.5. The number of nitrogens with zero attached hydrogens (tertiary/aromatic N) is 1. The summed E-state index contributed by atoms with van der Waals surface area (Å²) in [7, 11) is 0. The van der Waals surface area contributed by atoms with Crippen LogP contribution in [0.2, 0.25) is 0 Å². The summed E-state index contributed by atoms with van der Waals surface area (Å²) in [5, 5.41) is 2.13. The number of ketones is 1. The number of likely N-dealkylation sites (N-methyl/N-ethyl adjacent to an activating group) is 1. The molecule has 0 radical (unpaired) electrons.